The van der Waals surface area contributed by atoms with Crippen molar-refractivity contribution in [3.8, 4) is 0 Å². The van der Waals surface area contributed by atoms with Crippen LogP contribution in [-0.4, -0.2) is 60.4 Å². The standard InChI is InChI=1S/C26H39ClN4O2/c1-18-16-30(11-12-31(18)26(33)21-5-3-4-6-21)17-22-14-23(27)15-24(19(22)2)29-25(32)13-20-7-9-28-10-8-20/h14-15,18,20-21,28H,3-13,16-17H2,1-2H3,(H,29,32). The van der Waals surface area contributed by atoms with Gasteiger partial charge >= 0.3 is 0 Å². The molecule has 2 aliphatic heterocycles. The molecule has 2 heterocycles. The lowest BCUT2D eigenvalue weighted by Gasteiger charge is -2.41. The summed E-state index contributed by atoms with van der Waals surface area (Å²) in [5.41, 5.74) is 3.04. The van der Waals surface area contributed by atoms with E-state index in [1.165, 1.54) is 12.8 Å². The highest BCUT2D eigenvalue weighted by atomic mass is 35.5. The van der Waals surface area contributed by atoms with Gasteiger partial charge in [-0.05, 0) is 81.8 Å². The van der Waals surface area contributed by atoms with Gasteiger partial charge in [-0.3, -0.25) is 14.5 Å². The van der Waals surface area contributed by atoms with Crippen LogP contribution in [0.3, 0.4) is 0 Å². The third-order valence-corrected chi connectivity index (χ3v) is 8.00. The molecule has 2 N–H and O–H groups in total. The molecule has 1 saturated carbocycles. The minimum absolute atomic E-state index is 0.0749. The minimum atomic E-state index is 0.0749. The number of piperazine rings is 1. The van der Waals surface area contributed by atoms with Crippen LogP contribution in [-0.2, 0) is 16.1 Å². The Bertz CT molecular complexity index is 849. The Morgan fingerprint density at radius 3 is 2.55 bits per heavy atom. The number of nitrogens with zero attached hydrogens (tertiary/aromatic N) is 2. The molecule has 1 aliphatic carbocycles. The van der Waals surface area contributed by atoms with E-state index in [9.17, 15) is 9.59 Å². The van der Waals surface area contributed by atoms with E-state index in [-0.39, 0.29) is 17.9 Å². The predicted octanol–water partition coefficient (Wildman–Crippen LogP) is 4.20. The molecule has 6 nitrogen and oxygen atoms in total. The van der Waals surface area contributed by atoms with Gasteiger partial charge in [0, 0.05) is 55.3 Å². The molecule has 3 fully saturated rings. The van der Waals surface area contributed by atoms with E-state index < -0.39 is 0 Å². The summed E-state index contributed by atoms with van der Waals surface area (Å²) in [6, 6.07) is 4.09. The molecule has 2 amide bonds. The first-order chi connectivity index (χ1) is 15.9. The molecule has 0 bridgehead atoms. The summed E-state index contributed by atoms with van der Waals surface area (Å²) < 4.78 is 0. The summed E-state index contributed by atoms with van der Waals surface area (Å²) in [6.07, 6.45) is 7.17. The van der Waals surface area contributed by atoms with E-state index in [2.05, 4.69) is 34.3 Å². The molecule has 33 heavy (non-hydrogen) atoms. The van der Waals surface area contributed by atoms with Gasteiger partial charge in [0.2, 0.25) is 11.8 Å². The molecule has 0 radical (unpaired) electrons. The summed E-state index contributed by atoms with van der Waals surface area (Å²) in [5, 5.41) is 7.12. The number of nitrogens with one attached hydrogen (secondary N) is 2. The molecule has 1 unspecified atom stereocenters. The maximum atomic E-state index is 12.9. The highest BCUT2D eigenvalue weighted by Gasteiger charge is 2.33. The van der Waals surface area contributed by atoms with Crippen LogP contribution in [0.25, 0.3) is 0 Å². The van der Waals surface area contributed by atoms with Crippen LogP contribution in [0, 0.1) is 18.8 Å². The largest absolute Gasteiger partial charge is 0.337 e. The molecule has 7 heteroatoms. The number of hydrogen-bond donors (Lipinski definition) is 2. The predicted molar refractivity (Wildman–Crippen MR) is 133 cm³/mol. The summed E-state index contributed by atoms with van der Waals surface area (Å²) in [6.45, 7) is 9.52. The van der Waals surface area contributed by atoms with E-state index in [1.54, 1.807) is 0 Å². The zero-order valence-corrected chi connectivity index (χ0v) is 20.9. The first kappa shape index (κ1) is 24.5. The average molecular weight is 475 g/mol. The third kappa shape index (κ3) is 6.28. The highest BCUT2D eigenvalue weighted by molar-refractivity contribution is 6.31. The molecular weight excluding hydrogens is 436 g/mol. The zero-order valence-electron chi connectivity index (χ0n) is 20.2. The number of rotatable bonds is 6. The van der Waals surface area contributed by atoms with Crippen molar-refractivity contribution in [1.29, 1.82) is 0 Å². The first-order valence-corrected chi connectivity index (χ1v) is 13.1. The van der Waals surface area contributed by atoms with E-state index in [1.807, 2.05) is 12.1 Å². The zero-order chi connectivity index (χ0) is 23.4. The molecule has 182 valence electrons. The van der Waals surface area contributed by atoms with Gasteiger partial charge in [-0.2, -0.15) is 0 Å². The van der Waals surface area contributed by atoms with Crippen molar-refractivity contribution >= 4 is 29.1 Å². The second-order valence-corrected chi connectivity index (χ2v) is 10.7. The number of carbonyl (C=O) groups is 2. The Morgan fingerprint density at radius 1 is 1.12 bits per heavy atom. The Kier molecular flexibility index (Phi) is 8.31. The second kappa shape index (κ2) is 11.2. The lowest BCUT2D eigenvalue weighted by molar-refractivity contribution is -0.140. The maximum absolute atomic E-state index is 12.9. The molecule has 0 spiro atoms. The fraction of sp³-hybridized carbons (Fsp3) is 0.692. The van der Waals surface area contributed by atoms with Crippen LogP contribution in [0.15, 0.2) is 12.1 Å². The first-order valence-electron chi connectivity index (χ1n) is 12.7. The highest BCUT2D eigenvalue weighted by Crippen LogP contribution is 2.30. The van der Waals surface area contributed by atoms with Gasteiger partial charge in [-0.1, -0.05) is 24.4 Å². The van der Waals surface area contributed by atoms with E-state index >= 15 is 0 Å². The number of hydrogen-bond acceptors (Lipinski definition) is 4. The third-order valence-electron chi connectivity index (χ3n) is 7.78. The number of carbonyl (C=O) groups excluding carboxylic acids is 2. The topological polar surface area (TPSA) is 64.7 Å². The molecule has 4 rings (SSSR count). The molecule has 1 aromatic rings. The van der Waals surface area contributed by atoms with Crippen LogP contribution in [0.2, 0.25) is 5.02 Å². The molecule has 1 aromatic carbocycles. The average Bonchev–Trinajstić information content (AvgIpc) is 3.32. The van der Waals surface area contributed by atoms with Crippen molar-refractivity contribution < 1.29 is 9.59 Å². The second-order valence-electron chi connectivity index (χ2n) is 10.3. The molecule has 1 atom stereocenters. The van der Waals surface area contributed by atoms with Crippen LogP contribution in [0.5, 0.6) is 0 Å². The van der Waals surface area contributed by atoms with Gasteiger partial charge in [-0.25, -0.2) is 0 Å². The molecule has 0 aromatic heterocycles. The number of piperidine rings is 1. The van der Waals surface area contributed by atoms with Crippen molar-refractivity contribution in [3.63, 3.8) is 0 Å². The summed E-state index contributed by atoms with van der Waals surface area (Å²) >= 11 is 6.45. The van der Waals surface area contributed by atoms with Gasteiger partial charge in [0.25, 0.3) is 0 Å². The van der Waals surface area contributed by atoms with Crippen LogP contribution in [0.1, 0.15) is 63.0 Å². The Balaban J connectivity index is 1.35. The number of anilines is 1. The van der Waals surface area contributed by atoms with Crippen molar-refractivity contribution in [1.82, 2.24) is 15.1 Å². The Labute approximate surface area is 203 Å². The lowest BCUT2D eigenvalue weighted by atomic mass is 9.94. The quantitative estimate of drug-likeness (QED) is 0.648. The van der Waals surface area contributed by atoms with Crippen molar-refractivity contribution in [2.75, 3.05) is 38.0 Å². The smallest absolute Gasteiger partial charge is 0.226 e. The normalized spacial score (nSPS) is 23.1. The number of benzene rings is 1. The van der Waals surface area contributed by atoms with Crippen LogP contribution < -0.4 is 10.6 Å². The molecule has 3 aliphatic rings. The molecular formula is C26H39ClN4O2. The van der Waals surface area contributed by atoms with Gasteiger partial charge in [-0.15, -0.1) is 0 Å². The Hall–Kier alpha value is -1.63. The van der Waals surface area contributed by atoms with Gasteiger partial charge in [0.15, 0.2) is 0 Å². The molecule has 2 saturated heterocycles. The maximum Gasteiger partial charge on any atom is 0.226 e. The fourth-order valence-electron chi connectivity index (χ4n) is 5.73. The fourth-order valence-corrected chi connectivity index (χ4v) is 5.97. The van der Waals surface area contributed by atoms with E-state index in [4.69, 9.17) is 11.6 Å². The monoisotopic (exact) mass is 474 g/mol. The van der Waals surface area contributed by atoms with Crippen LogP contribution in [0.4, 0.5) is 5.69 Å². The van der Waals surface area contributed by atoms with Gasteiger partial charge < -0.3 is 15.5 Å². The van der Waals surface area contributed by atoms with Crippen LogP contribution >= 0.6 is 11.6 Å². The van der Waals surface area contributed by atoms with Crippen molar-refractivity contribution in [3.05, 3.63) is 28.3 Å². The summed E-state index contributed by atoms with van der Waals surface area (Å²) in [7, 11) is 0. The lowest BCUT2D eigenvalue weighted by Crippen LogP contribution is -2.54. The van der Waals surface area contributed by atoms with Crippen molar-refractivity contribution in [2.45, 2.75) is 71.4 Å². The number of amides is 2. The summed E-state index contributed by atoms with van der Waals surface area (Å²) in [4.78, 5) is 30.1. The Morgan fingerprint density at radius 2 is 1.85 bits per heavy atom. The van der Waals surface area contributed by atoms with E-state index in [0.717, 1.165) is 81.8 Å². The SMILES string of the molecule is Cc1c(CN2CCN(C(=O)C3CCCC3)C(C)C2)cc(Cl)cc1NC(=O)CC1CCNCC1. The number of halogens is 1. The van der Waals surface area contributed by atoms with Gasteiger partial charge in [0.05, 0.1) is 0 Å². The minimum Gasteiger partial charge on any atom is -0.337 e. The van der Waals surface area contributed by atoms with E-state index in [0.29, 0.717) is 23.3 Å². The summed E-state index contributed by atoms with van der Waals surface area (Å²) in [5.74, 6) is 1.13. The van der Waals surface area contributed by atoms with Gasteiger partial charge in [0.1, 0.15) is 0 Å². The van der Waals surface area contributed by atoms with Crippen molar-refractivity contribution in [2.24, 2.45) is 11.8 Å².